The number of hydrogen-bond acceptors (Lipinski definition) is 6. The van der Waals surface area contributed by atoms with Crippen molar-refractivity contribution in [1.82, 2.24) is 14.6 Å². The molecular formula is C19H13F2N5O2S. The number of oxime groups is 1. The van der Waals surface area contributed by atoms with Gasteiger partial charge >= 0.3 is 5.97 Å². The van der Waals surface area contributed by atoms with Gasteiger partial charge in [0.05, 0.1) is 16.8 Å². The predicted octanol–water partition coefficient (Wildman–Crippen LogP) is 3.87. The maximum Gasteiger partial charge on any atom is 0.371 e. The molecule has 0 fully saturated rings. The number of amidine groups is 1. The summed E-state index contributed by atoms with van der Waals surface area (Å²) in [6.45, 7) is 0. The van der Waals surface area contributed by atoms with Gasteiger partial charge in [0, 0.05) is 5.56 Å². The van der Waals surface area contributed by atoms with E-state index >= 15 is 0 Å². The molecule has 0 saturated heterocycles. The van der Waals surface area contributed by atoms with Crippen LogP contribution in [-0.2, 0) is 4.84 Å². The highest BCUT2D eigenvalue weighted by molar-refractivity contribution is 7.12. The highest BCUT2D eigenvalue weighted by Crippen LogP contribution is 2.27. The molecule has 2 N–H and O–H groups in total. The minimum Gasteiger partial charge on any atom is -0.380 e. The fourth-order valence-electron chi connectivity index (χ4n) is 2.65. The summed E-state index contributed by atoms with van der Waals surface area (Å²) >= 11 is 1.33. The first kappa shape index (κ1) is 18.7. The maximum absolute atomic E-state index is 13.6. The Morgan fingerprint density at radius 2 is 2.00 bits per heavy atom. The molecule has 0 saturated carbocycles. The zero-order valence-corrected chi connectivity index (χ0v) is 15.5. The van der Waals surface area contributed by atoms with Crippen LogP contribution in [0.15, 0.2) is 65.3 Å². The number of alkyl halides is 2. The van der Waals surface area contributed by atoms with Gasteiger partial charge in [-0.2, -0.15) is 5.10 Å². The molecule has 0 amide bonds. The highest BCUT2D eigenvalue weighted by atomic mass is 32.1. The number of fused-ring (bicyclic) bond motifs is 1. The maximum atomic E-state index is 13.6. The van der Waals surface area contributed by atoms with E-state index in [9.17, 15) is 13.6 Å². The number of aromatic nitrogens is 3. The van der Waals surface area contributed by atoms with Crippen molar-refractivity contribution in [2.45, 2.75) is 6.43 Å². The summed E-state index contributed by atoms with van der Waals surface area (Å²) in [5.74, 6) is -0.881. The molecule has 0 atom stereocenters. The van der Waals surface area contributed by atoms with Crippen LogP contribution in [0.25, 0.3) is 16.9 Å². The molecule has 0 unspecified atom stereocenters. The summed E-state index contributed by atoms with van der Waals surface area (Å²) in [4.78, 5) is 22.3. The molecule has 0 aliphatic rings. The van der Waals surface area contributed by atoms with E-state index in [1.807, 2.05) is 0 Å². The molecule has 146 valence electrons. The quantitative estimate of drug-likeness (QED) is 0.232. The smallest absolute Gasteiger partial charge is 0.371 e. The Hall–Kier alpha value is -3.66. The zero-order chi connectivity index (χ0) is 20.4. The van der Waals surface area contributed by atoms with Crippen LogP contribution in [0.3, 0.4) is 0 Å². The molecule has 3 heterocycles. The van der Waals surface area contributed by atoms with Gasteiger partial charge in [0.15, 0.2) is 11.5 Å². The minimum atomic E-state index is -2.82. The zero-order valence-electron chi connectivity index (χ0n) is 14.7. The van der Waals surface area contributed by atoms with Gasteiger partial charge in [0.2, 0.25) is 0 Å². The van der Waals surface area contributed by atoms with Crippen molar-refractivity contribution in [2.75, 3.05) is 0 Å². The number of rotatable bonds is 5. The van der Waals surface area contributed by atoms with Crippen molar-refractivity contribution in [3.05, 3.63) is 76.2 Å². The monoisotopic (exact) mass is 413 g/mol. The Kier molecular flexibility index (Phi) is 5.00. The third-order valence-corrected chi connectivity index (χ3v) is 4.91. The Balaban J connectivity index is 1.74. The molecule has 7 nitrogen and oxygen atoms in total. The second kappa shape index (κ2) is 7.76. The molecule has 0 bridgehead atoms. The Bertz CT molecular complexity index is 1190. The SMILES string of the molecule is N/C(=N\OC(=O)c1cnn2c(C(F)F)cc(-c3ccccc3)nc12)c1cccs1. The van der Waals surface area contributed by atoms with Crippen LogP contribution >= 0.6 is 11.3 Å². The van der Waals surface area contributed by atoms with E-state index in [0.29, 0.717) is 10.4 Å². The average Bonchev–Trinajstić information content (AvgIpc) is 3.41. The van der Waals surface area contributed by atoms with Crippen molar-refractivity contribution in [3.8, 4) is 11.3 Å². The van der Waals surface area contributed by atoms with Crippen LogP contribution in [0.4, 0.5) is 8.78 Å². The van der Waals surface area contributed by atoms with Crippen molar-refractivity contribution < 1.29 is 18.4 Å². The number of nitrogens with zero attached hydrogens (tertiary/aromatic N) is 4. The largest absolute Gasteiger partial charge is 0.380 e. The first-order chi connectivity index (χ1) is 14.0. The lowest BCUT2D eigenvalue weighted by Crippen LogP contribution is -2.14. The molecule has 10 heteroatoms. The number of thiophene rings is 1. The minimum absolute atomic E-state index is 0.0241. The molecule has 0 spiro atoms. The van der Waals surface area contributed by atoms with Gasteiger partial charge in [0.25, 0.3) is 6.43 Å². The van der Waals surface area contributed by atoms with Crippen LogP contribution in [0.2, 0.25) is 0 Å². The van der Waals surface area contributed by atoms with Crippen molar-refractivity contribution in [2.24, 2.45) is 10.9 Å². The summed E-state index contributed by atoms with van der Waals surface area (Å²) in [5.41, 5.74) is 6.11. The van der Waals surface area contributed by atoms with Crippen molar-refractivity contribution in [3.63, 3.8) is 0 Å². The molecule has 0 radical (unpaired) electrons. The second-order valence-electron chi connectivity index (χ2n) is 5.86. The highest BCUT2D eigenvalue weighted by Gasteiger charge is 2.22. The first-order valence-corrected chi connectivity index (χ1v) is 9.23. The number of halogens is 2. The van der Waals surface area contributed by atoms with Crippen LogP contribution in [0.5, 0.6) is 0 Å². The lowest BCUT2D eigenvalue weighted by Gasteiger charge is -2.08. The van der Waals surface area contributed by atoms with E-state index in [2.05, 4.69) is 15.2 Å². The van der Waals surface area contributed by atoms with Gasteiger partial charge in [-0.3, -0.25) is 0 Å². The number of hydrogen-bond donors (Lipinski definition) is 1. The van der Waals surface area contributed by atoms with E-state index < -0.39 is 18.1 Å². The van der Waals surface area contributed by atoms with Gasteiger partial charge in [-0.15, -0.1) is 11.3 Å². The van der Waals surface area contributed by atoms with Crippen LogP contribution in [0, 0.1) is 0 Å². The van der Waals surface area contributed by atoms with E-state index in [1.165, 1.54) is 17.4 Å². The van der Waals surface area contributed by atoms with Gasteiger partial charge < -0.3 is 10.6 Å². The van der Waals surface area contributed by atoms with Crippen LogP contribution < -0.4 is 5.73 Å². The molecule has 29 heavy (non-hydrogen) atoms. The van der Waals surface area contributed by atoms with E-state index in [4.69, 9.17) is 10.6 Å². The Labute approximate surface area is 167 Å². The summed E-state index contributed by atoms with van der Waals surface area (Å²) in [5, 5.41) is 9.28. The van der Waals surface area contributed by atoms with E-state index in [0.717, 1.165) is 10.7 Å². The Morgan fingerprint density at radius 3 is 2.69 bits per heavy atom. The summed E-state index contributed by atoms with van der Waals surface area (Å²) in [6, 6.07) is 13.5. The number of nitrogens with two attached hydrogens (primary N) is 1. The third kappa shape index (κ3) is 3.69. The van der Waals surface area contributed by atoms with E-state index in [-0.39, 0.29) is 22.7 Å². The first-order valence-electron chi connectivity index (χ1n) is 8.35. The van der Waals surface area contributed by atoms with Gasteiger partial charge in [0.1, 0.15) is 11.3 Å². The van der Waals surface area contributed by atoms with Crippen LogP contribution in [-0.4, -0.2) is 26.4 Å². The normalized spacial score (nSPS) is 11.9. The number of carbonyl (C=O) groups is 1. The summed E-state index contributed by atoms with van der Waals surface area (Å²) in [6.07, 6.45) is -1.71. The fourth-order valence-corrected chi connectivity index (χ4v) is 3.27. The molecule has 0 aliphatic carbocycles. The van der Waals surface area contributed by atoms with Gasteiger partial charge in [-0.05, 0) is 17.5 Å². The Morgan fingerprint density at radius 1 is 1.21 bits per heavy atom. The van der Waals surface area contributed by atoms with Crippen molar-refractivity contribution in [1.29, 1.82) is 0 Å². The molecule has 1 aromatic carbocycles. The van der Waals surface area contributed by atoms with Gasteiger partial charge in [-0.25, -0.2) is 23.1 Å². The second-order valence-corrected chi connectivity index (χ2v) is 6.81. The molecule has 4 aromatic rings. The van der Waals surface area contributed by atoms with E-state index in [1.54, 1.807) is 47.8 Å². The molecular weight excluding hydrogens is 400 g/mol. The molecule has 0 aliphatic heterocycles. The summed E-state index contributed by atoms with van der Waals surface area (Å²) < 4.78 is 28.1. The fraction of sp³-hybridized carbons (Fsp3) is 0.0526. The molecule has 4 rings (SSSR count). The summed E-state index contributed by atoms with van der Waals surface area (Å²) in [7, 11) is 0. The topological polar surface area (TPSA) is 94.9 Å². The third-order valence-electron chi connectivity index (χ3n) is 4.01. The standard InChI is InChI=1S/C19H13F2N5O2S/c20-16(21)14-9-13(11-5-2-1-3-6-11)24-18-12(10-23-26(14)18)19(27)28-25-17(22)15-7-4-8-29-15/h1-10,16H,(H2,22,25). The van der Waals surface area contributed by atoms with Gasteiger partial charge in [-0.1, -0.05) is 41.6 Å². The lowest BCUT2D eigenvalue weighted by atomic mass is 10.1. The van der Waals surface area contributed by atoms with Crippen LogP contribution in [0.1, 0.15) is 27.4 Å². The predicted molar refractivity (Wildman–Crippen MR) is 104 cm³/mol. The number of benzene rings is 1. The van der Waals surface area contributed by atoms with Crippen molar-refractivity contribution >= 4 is 28.8 Å². The molecule has 3 aromatic heterocycles. The number of carbonyl (C=O) groups excluding carboxylic acids is 1. The average molecular weight is 413 g/mol. The lowest BCUT2D eigenvalue weighted by molar-refractivity contribution is 0.0518.